The van der Waals surface area contributed by atoms with E-state index in [4.69, 9.17) is 0 Å². The largest absolute Gasteiger partial charge is 0.343 e. The molecule has 5 nitrogen and oxygen atoms in total. The number of benzene rings is 2. The zero-order valence-electron chi connectivity index (χ0n) is 15.6. The highest BCUT2D eigenvalue weighted by atomic mass is 127. The maximum absolute atomic E-state index is 13.7. The van der Waals surface area contributed by atoms with Crippen LogP contribution in [0.4, 0.5) is 24.5 Å². The number of hydrogen-bond donors (Lipinski definition) is 2. The Labute approximate surface area is 184 Å². The molecule has 0 radical (unpaired) electrons. The number of guanidine groups is 1. The number of aliphatic imine (C=N–C) groups is 1. The van der Waals surface area contributed by atoms with E-state index in [1.54, 1.807) is 0 Å². The van der Waals surface area contributed by atoms with Crippen molar-refractivity contribution < 1.29 is 18.0 Å². The second-order valence-electron chi connectivity index (χ2n) is 6.45. The number of rotatable bonds is 4. The summed E-state index contributed by atoms with van der Waals surface area (Å²) in [5, 5.41) is 5.43. The van der Waals surface area contributed by atoms with Gasteiger partial charge in [-0.1, -0.05) is 18.2 Å². The lowest BCUT2D eigenvalue weighted by molar-refractivity contribution is -0.114. The molecule has 1 saturated heterocycles. The molecular formula is C20H22F3IN4O. The molecule has 1 aliphatic heterocycles. The summed E-state index contributed by atoms with van der Waals surface area (Å²) in [6.07, 6.45) is 3.20. The molecule has 2 aromatic rings. The predicted molar refractivity (Wildman–Crippen MR) is 118 cm³/mol. The molecule has 0 bridgehead atoms. The zero-order chi connectivity index (χ0) is 19.9. The fourth-order valence-electron chi connectivity index (χ4n) is 2.93. The van der Waals surface area contributed by atoms with Crippen LogP contribution >= 0.6 is 24.0 Å². The minimum absolute atomic E-state index is 0. The highest BCUT2D eigenvalue weighted by Crippen LogP contribution is 2.19. The van der Waals surface area contributed by atoms with Crippen LogP contribution in [0.5, 0.6) is 0 Å². The number of piperidine rings is 1. The van der Waals surface area contributed by atoms with Crippen LogP contribution < -0.4 is 10.6 Å². The van der Waals surface area contributed by atoms with E-state index >= 15 is 0 Å². The monoisotopic (exact) mass is 518 g/mol. The molecule has 1 aliphatic rings. The summed E-state index contributed by atoms with van der Waals surface area (Å²) in [5.41, 5.74) is 0.411. The summed E-state index contributed by atoms with van der Waals surface area (Å²) in [4.78, 5) is 18.5. The Bertz CT molecular complexity index is 858. The van der Waals surface area contributed by atoms with Gasteiger partial charge in [0.25, 0.3) is 0 Å². The van der Waals surface area contributed by atoms with Crippen LogP contribution in [-0.2, 0) is 4.79 Å². The molecule has 1 amide bonds. The van der Waals surface area contributed by atoms with Gasteiger partial charge in [0.1, 0.15) is 6.54 Å². The van der Waals surface area contributed by atoms with Crippen LogP contribution in [0.25, 0.3) is 0 Å². The van der Waals surface area contributed by atoms with Gasteiger partial charge in [-0.3, -0.25) is 4.79 Å². The molecule has 9 heteroatoms. The minimum atomic E-state index is -1.62. The van der Waals surface area contributed by atoms with E-state index < -0.39 is 29.0 Å². The Hall–Kier alpha value is -2.30. The van der Waals surface area contributed by atoms with Crippen LogP contribution in [0.15, 0.2) is 47.5 Å². The standard InChI is InChI=1S/C20H21F3N4O.HI/c21-15-9-10-16(19(23)18(15)22)26-17(28)13-24-20(27-11-5-2-6-12-27)25-14-7-3-1-4-8-14;/h1,3-4,7-10H,2,5-6,11-13H2,(H,24,25)(H,26,28);1H. The van der Waals surface area contributed by atoms with E-state index in [9.17, 15) is 18.0 Å². The zero-order valence-corrected chi connectivity index (χ0v) is 18.0. The van der Waals surface area contributed by atoms with Crippen LogP contribution in [0.3, 0.4) is 0 Å². The van der Waals surface area contributed by atoms with E-state index in [1.807, 2.05) is 30.3 Å². The van der Waals surface area contributed by atoms with Gasteiger partial charge in [0, 0.05) is 18.8 Å². The van der Waals surface area contributed by atoms with E-state index in [0.29, 0.717) is 5.96 Å². The number of nitrogens with one attached hydrogen (secondary N) is 2. The van der Waals surface area contributed by atoms with E-state index in [-0.39, 0.29) is 30.5 Å². The van der Waals surface area contributed by atoms with E-state index in [0.717, 1.165) is 50.2 Å². The average Bonchev–Trinajstić information content (AvgIpc) is 2.73. The number of halogens is 4. The smallest absolute Gasteiger partial charge is 0.246 e. The molecule has 1 fully saturated rings. The molecule has 0 aromatic heterocycles. The summed E-state index contributed by atoms with van der Waals surface area (Å²) in [6.45, 7) is 1.35. The van der Waals surface area contributed by atoms with Gasteiger partial charge in [0.2, 0.25) is 5.91 Å². The quantitative estimate of drug-likeness (QED) is 0.269. The molecule has 0 atom stereocenters. The number of likely N-dealkylation sites (tertiary alicyclic amines) is 1. The van der Waals surface area contributed by atoms with Crippen molar-refractivity contribution >= 4 is 47.2 Å². The van der Waals surface area contributed by atoms with Gasteiger partial charge >= 0.3 is 0 Å². The van der Waals surface area contributed by atoms with Crippen LogP contribution in [0, 0.1) is 17.5 Å². The Balaban J connectivity index is 0.00000300. The fraction of sp³-hybridized carbons (Fsp3) is 0.300. The van der Waals surface area contributed by atoms with Crippen molar-refractivity contribution in [2.45, 2.75) is 19.3 Å². The Kier molecular flexibility index (Phi) is 8.74. The first-order valence-corrected chi connectivity index (χ1v) is 9.09. The Morgan fingerprint density at radius 3 is 2.31 bits per heavy atom. The third kappa shape index (κ3) is 6.34. The summed E-state index contributed by atoms with van der Waals surface area (Å²) in [6, 6.07) is 11.2. The lowest BCUT2D eigenvalue weighted by atomic mass is 10.1. The third-order valence-corrected chi connectivity index (χ3v) is 4.37. The minimum Gasteiger partial charge on any atom is -0.343 e. The molecule has 0 saturated carbocycles. The van der Waals surface area contributed by atoms with Gasteiger partial charge in [-0.05, 0) is 43.5 Å². The second-order valence-corrected chi connectivity index (χ2v) is 6.45. The maximum atomic E-state index is 13.7. The molecular weight excluding hydrogens is 496 g/mol. The summed E-state index contributed by atoms with van der Waals surface area (Å²) >= 11 is 0. The summed E-state index contributed by atoms with van der Waals surface area (Å²) in [5.74, 6) is -4.45. The molecule has 2 aromatic carbocycles. The van der Waals surface area contributed by atoms with Crippen molar-refractivity contribution in [1.82, 2.24) is 4.90 Å². The van der Waals surface area contributed by atoms with Crippen molar-refractivity contribution in [3.8, 4) is 0 Å². The molecule has 3 rings (SSSR count). The van der Waals surface area contributed by atoms with Gasteiger partial charge in [0.05, 0.1) is 5.69 Å². The highest BCUT2D eigenvalue weighted by molar-refractivity contribution is 14.0. The first-order valence-electron chi connectivity index (χ1n) is 9.09. The number of hydrogen-bond acceptors (Lipinski definition) is 2. The number of amides is 1. The van der Waals surface area contributed by atoms with Crippen LogP contribution in [-0.4, -0.2) is 36.4 Å². The maximum Gasteiger partial charge on any atom is 0.246 e. The molecule has 1 heterocycles. The summed E-state index contributed by atoms with van der Waals surface area (Å²) < 4.78 is 40.0. The second kappa shape index (κ2) is 11.0. The van der Waals surface area contributed by atoms with Crippen molar-refractivity contribution in [2.75, 3.05) is 30.3 Å². The number of nitrogens with zero attached hydrogens (tertiary/aromatic N) is 2. The van der Waals surface area contributed by atoms with E-state index in [1.165, 1.54) is 0 Å². The van der Waals surface area contributed by atoms with Gasteiger partial charge in [-0.15, -0.1) is 24.0 Å². The highest BCUT2D eigenvalue weighted by Gasteiger charge is 2.17. The normalized spacial score (nSPS) is 14.2. The molecule has 29 heavy (non-hydrogen) atoms. The van der Waals surface area contributed by atoms with Crippen LogP contribution in [0.1, 0.15) is 19.3 Å². The average molecular weight is 518 g/mol. The van der Waals surface area contributed by atoms with Gasteiger partial charge in [-0.25, -0.2) is 18.2 Å². The van der Waals surface area contributed by atoms with Crippen molar-refractivity contribution in [3.63, 3.8) is 0 Å². The molecule has 0 unspecified atom stereocenters. The number of carbonyl (C=O) groups excluding carboxylic acids is 1. The van der Waals surface area contributed by atoms with Gasteiger partial charge < -0.3 is 15.5 Å². The number of para-hydroxylation sites is 1. The van der Waals surface area contributed by atoms with E-state index in [2.05, 4.69) is 20.5 Å². The lowest BCUT2D eigenvalue weighted by Gasteiger charge is -2.30. The third-order valence-electron chi connectivity index (χ3n) is 4.37. The molecule has 156 valence electrons. The Morgan fingerprint density at radius 2 is 1.62 bits per heavy atom. The SMILES string of the molecule is I.O=C(CN=C(Nc1ccccc1)N1CCCCC1)Nc1ccc(F)c(F)c1F. The topological polar surface area (TPSA) is 56.7 Å². The van der Waals surface area contributed by atoms with Crippen LogP contribution in [0.2, 0.25) is 0 Å². The lowest BCUT2D eigenvalue weighted by Crippen LogP contribution is -2.40. The van der Waals surface area contributed by atoms with Gasteiger partial charge in [0.15, 0.2) is 23.4 Å². The van der Waals surface area contributed by atoms with Crippen molar-refractivity contribution in [3.05, 3.63) is 59.9 Å². The fourth-order valence-corrected chi connectivity index (χ4v) is 2.93. The van der Waals surface area contributed by atoms with Gasteiger partial charge in [-0.2, -0.15) is 0 Å². The van der Waals surface area contributed by atoms with Crippen molar-refractivity contribution in [2.24, 2.45) is 4.99 Å². The first kappa shape index (κ1) is 23.0. The number of carbonyl (C=O) groups is 1. The predicted octanol–water partition coefficient (Wildman–Crippen LogP) is 4.61. The number of anilines is 2. The molecule has 0 spiro atoms. The summed E-state index contributed by atoms with van der Waals surface area (Å²) in [7, 11) is 0. The Morgan fingerprint density at radius 1 is 0.931 bits per heavy atom. The molecule has 2 N–H and O–H groups in total. The van der Waals surface area contributed by atoms with Crippen molar-refractivity contribution in [1.29, 1.82) is 0 Å². The molecule has 0 aliphatic carbocycles. The first-order chi connectivity index (χ1) is 13.5.